The van der Waals surface area contributed by atoms with Crippen LogP contribution in [0, 0.1) is 5.92 Å². The van der Waals surface area contributed by atoms with Crippen molar-refractivity contribution >= 4 is 12.6 Å². The second kappa shape index (κ2) is 24.3. The number of aliphatic hydroxyl groups excluding tert-OH is 3. The van der Waals surface area contributed by atoms with Gasteiger partial charge in [0.15, 0.2) is 0 Å². The number of methoxy groups -OCH3 is 1. The van der Waals surface area contributed by atoms with Crippen LogP contribution in [-0.4, -0.2) is 61.4 Å². The van der Waals surface area contributed by atoms with Crippen LogP contribution in [0.3, 0.4) is 0 Å². The number of aliphatic hydroxyl groups is 3. The Hall–Kier alpha value is -2.90. The second-order valence-corrected chi connectivity index (χ2v) is 12.0. The maximum Gasteiger partial charge on any atom is 0.147 e. The van der Waals surface area contributed by atoms with E-state index in [-0.39, 0.29) is 36.9 Å². The fraction of sp³-hybridized carbons (Fsp3) is 0.538. The van der Waals surface area contributed by atoms with Crippen LogP contribution < -0.4 is 0 Å². The molecule has 6 nitrogen and oxygen atoms in total. The summed E-state index contributed by atoms with van der Waals surface area (Å²) in [6, 6.07) is 16.0. The first-order chi connectivity index (χ1) is 21.8. The summed E-state index contributed by atoms with van der Waals surface area (Å²) in [5.74, 6) is 1.82. The molecule has 45 heavy (non-hydrogen) atoms. The highest BCUT2D eigenvalue weighted by molar-refractivity contribution is 5.72. The molecule has 1 aliphatic rings. The smallest absolute Gasteiger partial charge is 0.147 e. The van der Waals surface area contributed by atoms with Gasteiger partial charge in [-0.15, -0.1) is 0 Å². The van der Waals surface area contributed by atoms with Crippen molar-refractivity contribution in [2.24, 2.45) is 5.92 Å². The van der Waals surface area contributed by atoms with E-state index in [1.165, 1.54) is 62.5 Å². The van der Waals surface area contributed by atoms with Crippen molar-refractivity contribution in [3.63, 3.8) is 0 Å². The molecule has 0 heterocycles. The molecule has 0 spiro atoms. The summed E-state index contributed by atoms with van der Waals surface area (Å²) < 4.78 is 5.22. The first kappa shape index (κ1) is 40.1. The van der Waals surface area contributed by atoms with E-state index in [1.807, 2.05) is 0 Å². The molecule has 3 rings (SSSR count). The van der Waals surface area contributed by atoms with E-state index in [9.17, 15) is 14.7 Å². The van der Waals surface area contributed by atoms with Crippen molar-refractivity contribution in [2.45, 2.75) is 96.3 Å². The lowest BCUT2D eigenvalue weighted by molar-refractivity contribution is -0.106. The minimum Gasteiger partial charge on any atom is -0.396 e. The minimum atomic E-state index is -0.233. The molecule has 1 unspecified atom stereocenters. The van der Waals surface area contributed by atoms with Gasteiger partial charge in [0, 0.05) is 24.2 Å². The van der Waals surface area contributed by atoms with Gasteiger partial charge < -0.3 is 20.1 Å². The van der Waals surface area contributed by atoms with E-state index in [2.05, 4.69) is 69.5 Å². The standard InChI is InChI=1S/C31H46O2.2C4H6O2/c1-4-6-7-8-24-13-18-29(19-14-24)31-20-15-26(21-27(31)5-2)10-9-25-11-16-28(17-12-25)30(22-32)23-33-3;2*1-4(2-5)3-6/h11-12,15-17,20-21,24,29-30,32H,4-10,13-14,18-19,22-23H2,1-3H3;2*2,6H,1,3H2. The third-order valence-corrected chi connectivity index (χ3v) is 8.57. The molecule has 3 N–H and O–H groups in total. The lowest BCUT2D eigenvalue weighted by atomic mass is 9.75. The number of ether oxygens (including phenoxy) is 1. The molecule has 1 atom stereocenters. The largest absolute Gasteiger partial charge is 0.396 e. The van der Waals surface area contributed by atoms with Crippen LogP contribution in [-0.2, 0) is 33.6 Å². The summed E-state index contributed by atoms with van der Waals surface area (Å²) in [5, 5.41) is 25.6. The Kier molecular flexibility index (Phi) is 21.7. The molecule has 0 aliphatic heterocycles. The molecule has 1 saturated carbocycles. The van der Waals surface area contributed by atoms with Crippen LogP contribution in [0.1, 0.15) is 105 Å². The molecule has 1 fully saturated rings. The van der Waals surface area contributed by atoms with Gasteiger partial charge in [-0.3, -0.25) is 9.59 Å². The highest BCUT2D eigenvalue weighted by atomic mass is 16.5. The van der Waals surface area contributed by atoms with E-state index in [0.717, 1.165) is 36.7 Å². The van der Waals surface area contributed by atoms with E-state index in [4.69, 9.17) is 14.9 Å². The molecule has 2 aromatic rings. The van der Waals surface area contributed by atoms with Crippen LogP contribution in [0.2, 0.25) is 0 Å². The van der Waals surface area contributed by atoms with Gasteiger partial charge in [-0.1, -0.05) is 95.2 Å². The molecule has 0 radical (unpaired) electrons. The maximum atomic E-state index is 9.57. The van der Waals surface area contributed by atoms with Crippen LogP contribution in [0.25, 0.3) is 0 Å². The Morgan fingerprint density at radius 3 is 1.91 bits per heavy atom. The average molecular weight is 623 g/mol. The zero-order valence-corrected chi connectivity index (χ0v) is 28.0. The summed E-state index contributed by atoms with van der Waals surface area (Å²) in [6.07, 6.45) is 15.6. The maximum absolute atomic E-state index is 9.57. The Labute approximate surface area is 272 Å². The average Bonchev–Trinajstić information content (AvgIpc) is 3.10. The number of unbranched alkanes of at least 4 members (excludes halogenated alkanes) is 2. The minimum absolute atomic E-state index is 0.0649. The monoisotopic (exact) mass is 622 g/mol. The first-order valence-electron chi connectivity index (χ1n) is 16.6. The molecule has 2 aromatic carbocycles. The van der Waals surface area contributed by atoms with Crippen LogP contribution in [0.4, 0.5) is 0 Å². The first-order valence-corrected chi connectivity index (χ1v) is 16.6. The topological polar surface area (TPSA) is 104 Å². The van der Waals surface area contributed by atoms with E-state index < -0.39 is 0 Å². The van der Waals surface area contributed by atoms with Crippen molar-refractivity contribution in [1.29, 1.82) is 0 Å². The van der Waals surface area contributed by atoms with Crippen LogP contribution >= 0.6 is 0 Å². The van der Waals surface area contributed by atoms with Crippen molar-refractivity contribution in [3.8, 4) is 0 Å². The van der Waals surface area contributed by atoms with E-state index in [0.29, 0.717) is 19.2 Å². The number of aldehydes is 2. The highest BCUT2D eigenvalue weighted by Gasteiger charge is 2.23. The predicted molar refractivity (Wildman–Crippen MR) is 185 cm³/mol. The van der Waals surface area contributed by atoms with E-state index in [1.54, 1.807) is 18.2 Å². The fourth-order valence-corrected chi connectivity index (χ4v) is 5.74. The number of hydrogen-bond acceptors (Lipinski definition) is 6. The molecule has 0 amide bonds. The van der Waals surface area contributed by atoms with Gasteiger partial charge in [0.2, 0.25) is 0 Å². The Bertz CT molecular complexity index is 1090. The molecule has 0 bridgehead atoms. The Morgan fingerprint density at radius 1 is 0.867 bits per heavy atom. The van der Waals surface area contributed by atoms with Crippen LogP contribution in [0.5, 0.6) is 0 Å². The molecule has 0 saturated heterocycles. The van der Waals surface area contributed by atoms with Gasteiger partial charge in [-0.05, 0) is 84.6 Å². The van der Waals surface area contributed by atoms with Gasteiger partial charge in [0.1, 0.15) is 12.6 Å². The number of carbonyl (C=O) groups is 2. The Morgan fingerprint density at radius 2 is 1.44 bits per heavy atom. The van der Waals surface area contributed by atoms with Gasteiger partial charge in [0.25, 0.3) is 0 Å². The van der Waals surface area contributed by atoms with Crippen LogP contribution in [0.15, 0.2) is 66.8 Å². The number of rotatable bonds is 17. The van der Waals surface area contributed by atoms with Gasteiger partial charge in [-0.2, -0.15) is 0 Å². The van der Waals surface area contributed by atoms with E-state index >= 15 is 0 Å². The van der Waals surface area contributed by atoms with Crippen molar-refractivity contribution < 1.29 is 29.6 Å². The van der Waals surface area contributed by atoms with Gasteiger partial charge in [-0.25, -0.2) is 0 Å². The summed E-state index contributed by atoms with van der Waals surface area (Å²) >= 11 is 0. The summed E-state index contributed by atoms with van der Waals surface area (Å²) in [4.78, 5) is 19.0. The summed E-state index contributed by atoms with van der Waals surface area (Å²) in [5.41, 5.74) is 7.61. The second-order valence-electron chi connectivity index (χ2n) is 12.0. The number of carbonyl (C=O) groups excluding carboxylic acids is 2. The molecule has 6 heteroatoms. The fourth-order valence-electron chi connectivity index (χ4n) is 5.74. The highest BCUT2D eigenvalue weighted by Crippen LogP contribution is 2.39. The quantitative estimate of drug-likeness (QED) is 0.0990. The predicted octanol–water partition coefficient (Wildman–Crippen LogP) is 7.08. The third kappa shape index (κ3) is 15.8. The Balaban J connectivity index is 0.000000714. The van der Waals surface area contributed by atoms with Gasteiger partial charge >= 0.3 is 0 Å². The number of benzene rings is 2. The number of aryl methyl sites for hydroxylation is 3. The molecule has 1 aliphatic carbocycles. The molecule has 250 valence electrons. The van der Waals surface area contributed by atoms with Crippen molar-refractivity contribution in [3.05, 3.63) is 94.6 Å². The molecular weight excluding hydrogens is 564 g/mol. The number of hydrogen-bond donors (Lipinski definition) is 3. The SMILES string of the molecule is C=C(C=O)CO.C=C(C=O)CO.CCCCCC1CCC(c2ccc(CCc3ccc(C(CO)COC)cc3)cc2CC)CC1. The normalized spacial score (nSPS) is 16.3. The lowest BCUT2D eigenvalue weighted by Gasteiger charge is -2.30. The summed E-state index contributed by atoms with van der Waals surface area (Å²) in [7, 11) is 1.69. The van der Waals surface area contributed by atoms with Crippen molar-refractivity contribution in [2.75, 3.05) is 33.5 Å². The zero-order valence-electron chi connectivity index (χ0n) is 28.0. The summed E-state index contributed by atoms with van der Waals surface area (Å²) in [6.45, 7) is 11.2. The van der Waals surface area contributed by atoms with Crippen molar-refractivity contribution in [1.82, 2.24) is 0 Å². The molecular formula is C39H58O6. The third-order valence-electron chi connectivity index (χ3n) is 8.57. The zero-order chi connectivity index (χ0) is 33.5. The van der Waals surface area contributed by atoms with Gasteiger partial charge in [0.05, 0.1) is 26.4 Å². The molecule has 0 aromatic heterocycles. The lowest BCUT2D eigenvalue weighted by Crippen LogP contribution is -2.14.